The first-order valence-electron chi connectivity index (χ1n) is 8.54. The molecular weight excluding hydrogens is 364 g/mol. The first-order valence-corrected chi connectivity index (χ1v) is 8.54. The summed E-state index contributed by atoms with van der Waals surface area (Å²) in [5.74, 6) is 1.36. The van der Waals surface area contributed by atoms with Gasteiger partial charge in [-0.1, -0.05) is 6.07 Å². The van der Waals surface area contributed by atoms with Gasteiger partial charge in [0.05, 0.1) is 52.6 Å². The van der Waals surface area contributed by atoms with E-state index < -0.39 is 5.97 Å². The van der Waals surface area contributed by atoms with E-state index in [2.05, 4.69) is 5.10 Å². The first-order chi connectivity index (χ1) is 13.5. The van der Waals surface area contributed by atoms with Gasteiger partial charge in [0.1, 0.15) is 0 Å². The van der Waals surface area contributed by atoms with Crippen LogP contribution in [0.3, 0.4) is 0 Å². The highest BCUT2D eigenvalue weighted by molar-refractivity contribution is 5.88. The third-order valence-electron chi connectivity index (χ3n) is 4.43. The summed E-state index contributed by atoms with van der Waals surface area (Å²) in [6.45, 7) is 0.423. The minimum Gasteiger partial charge on any atom is -0.493 e. The molecule has 0 spiro atoms. The molecule has 0 saturated carbocycles. The molecule has 0 amide bonds. The van der Waals surface area contributed by atoms with Gasteiger partial charge in [-0.2, -0.15) is 5.10 Å². The number of aromatic nitrogens is 2. The number of carboxylic acid groups (broad SMARTS) is 1. The number of fused-ring (bicyclic) bond motifs is 1. The summed E-state index contributed by atoms with van der Waals surface area (Å²) in [6, 6.07) is 9.15. The van der Waals surface area contributed by atoms with Crippen molar-refractivity contribution in [2.45, 2.75) is 13.0 Å². The van der Waals surface area contributed by atoms with Crippen molar-refractivity contribution in [2.24, 2.45) is 0 Å². The molecule has 0 aliphatic heterocycles. The number of hydrogen-bond acceptors (Lipinski definition) is 6. The fourth-order valence-electron chi connectivity index (χ4n) is 3.11. The second-order valence-corrected chi connectivity index (χ2v) is 6.09. The van der Waals surface area contributed by atoms with E-state index in [4.69, 9.17) is 18.9 Å². The third kappa shape index (κ3) is 3.66. The summed E-state index contributed by atoms with van der Waals surface area (Å²) in [6.07, 6.45) is -0.190. The number of hydrogen-bond donors (Lipinski definition) is 1. The molecule has 0 atom stereocenters. The molecule has 1 aromatic heterocycles. The zero-order chi connectivity index (χ0) is 20.3. The van der Waals surface area contributed by atoms with Crippen LogP contribution in [0.4, 0.5) is 0 Å². The molecular formula is C20H22N2O6. The summed E-state index contributed by atoms with van der Waals surface area (Å²) in [7, 11) is 6.24. The van der Waals surface area contributed by atoms with Crippen molar-refractivity contribution >= 4 is 16.9 Å². The number of methoxy groups -OCH3 is 4. The topological polar surface area (TPSA) is 92.0 Å². The molecule has 8 nitrogen and oxygen atoms in total. The van der Waals surface area contributed by atoms with Gasteiger partial charge in [0.15, 0.2) is 23.0 Å². The Kier molecular flexibility index (Phi) is 5.58. The second kappa shape index (κ2) is 8.08. The average Bonchev–Trinajstić information content (AvgIpc) is 3.02. The molecule has 0 saturated heterocycles. The van der Waals surface area contributed by atoms with E-state index in [9.17, 15) is 9.90 Å². The third-order valence-corrected chi connectivity index (χ3v) is 4.43. The van der Waals surface area contributed by atoms with Crippen LogP contribution in [0.5, 0.6) is 23.0 Å². The molecule has 1 N–H and O–H groups in total. The van der Waals surface area contributed by atoms with Crippen molar-refractivity contribution in [2.75, 3.05) is 28.4 Å². The molecule has 0 radical (unpaired) electrons. The van der Waals surface area contributed by atoms with Crippen LogP contribution in [-0.4, -0.2) is 49.3 Å². The minimum absolute atomic E-state index is 0.190. The van der Waals surface area contributed by atoms with E-state index in [1.54, 1.807) is 38.1 Å². The highest BCUT2D eigenvalue weighted by Crippen LogP contribution is 2.34. The van der Waals surface area contributed by atoms with Gasteiger partial charge >= 0.3 is 5.97 Å². The standard InChI is InChI=1S/C20H22N2O6/c1-25-16-6-5-12(7-17(16)26-2)11-22-15-10-19(28-4)18(27-3)8-13(15)14(21-22)9-20(23)24/h5-8,10H,9,11H2,1-4H3,(H,23,24). The van der Waals surface area contributed by atoms with Crippen LogP contribution in [0, 0.1) is 0 Å². The Labute approximate surface area is 162 Å². The van der Waals surface area contributed by atoms with E-state index >= 15 is 0 Å². The van der Waals surface area contributed by atoms with Gasteiger partial charge < -0.3 is 24.1 Å². The summed E-state index contributed by atoms with van der Waals surface area (Å²) in [5.41, 5.74) is 2.14. The number of benzene rings is 2. The summed E-state index contributed by atoms with van der Waals surface area (Å²) in [5, 5.41) is 14.5. The molecule has 28 heavy (non-hydrogen) atoms. The smallest absolute Gasteiger partial charge is 0.309 e. The number of carboxylic acids is 1. The maximum atomic E-state index is 11.3. The van der Waals surface area contributed by atoms with Crippen LogP contribution in [0.1, 0.15) is 11.3 Å². The molecule has 0 fully saturated rings. The number of carbonyl (C=O) groups is 1. The lowest BCUT2D eigenvalue weighted by Gasteiger charge is -2.11. The van der Waals surface area contributed by atoms with E-state index in [0.29, 0.717) is 40.6 Å². The van der Waals surface area contributed by atoms with Crippen LogP contribution < -0.4 is 18.9 Å². The maximum absolute atomic E-state index is 11.3. The maximum Gasteiger partial charge on any atom is 0.309 e. The number of aliphatic carboxylic acids is 1. The summed E-state index contributed by atoms with van der Waals surface area (Å²) < 4.78 is 23.1. The molecule has 3 aromatic rings. The molecule has 0 bridgehead atoms. The van der Waals surface area contributed by atoms with Crippen LogP contribution in [0.25, 0.3) is 10.9 Å². The lowest BCUT2D eigenvalue weighted by Crippen LogP contribution is -2.05. The van der Waals surface area contributed by atoms with E-state index in [-0.39, 0.29) is 6.42 Å². The lowest BCUT2D eigenvalue weighted by molar-refractivity contribution is -0.136. The van der Waals surface area contributed by atoms with Crippen molar-refractivity contribution in [1.82, 2.24) is 9.78 Å². The molecule has 0 aliphatic carbocycles. The average molecular weight is 386 g/mol. The summed E-state index contributed by atoms with van der Waals surface area (Å²) in [4.78, 5) is 11.3. The highest BCUT2D eigenvalue weighted by atomic mass is 16.5. The molecule has 0 aliphatic rings. The van der Waals surface area contributed by atoms with Crippen molar-refractivity contribution in [3.8, 4) is 23.0 Å². The number of rotatable bonds is 8. The molecule has 148 valence electrons. The molecule has 1 heterocycles. The minimum atomic E-state index is -0.951. The van der Waals surface area contributed by atoms with Crippen LogP contribution in [0.2, 0.25) is 0 Å². The van der Waals surface area contributed by atoms with Crippen LogP contribution in [0.15, 0.2) is 30.3 Å². The van der Waals surface area contributed by atoms with Crippen molar-refractivity contribution < 1.29 is 28.8 Å². The molecule has 3 rings (SSSR count). The van der Waals surface area contributed by atoms with Gasteiger partial charge in [0.2, 0.25) is 0 Å². The monoisotopic (exact) mass is 386 g/mol. The largest absolute Gasteiger partial charge is 0.493 e. The quantitative estimate of drug-likeness (QED) is 0.636. The van der Waals surface area contributed by atoms with Crippen molar-refractivity contribution in [3.05, 3.63) is 41.6 Å². The predicted octanol–water partition coefficient (Wildman–Crippen LogP) is 2.75. The Balaban J connectivity index is 2.10. The lowest BCUT2D eigenvalue weighted by atomic mass is 10.1. The van der Waals surface area contributed by atoms with Gasteiger partial charge in [-0.3, -0.25) is 9.48 Å². The van der Waals surface area contributed by atoms with Gasteiger partial charge in [0.25, 0.3) is 0 Å². The van der Waals surface area contributed by atoms with Crippen molar-refractivity contribution in [1.29, 1.82) is 0 Å². The zero-order valence-electron chi connectivity index (χ0n) is 16.2. The molecule has 8 heteroatoms. The van der Waals surface area contributed by atoms with Crippen LogP contribution in [-0.2, 0) is 17.8 Å². The second-order valence-electron chi connectivity index (χ2n) is 6.09. The molecule has 2 aromatic carbocycles. The molecule has 0 unspecified atom stereocenters. The Morgan fingerprint density at radius 3 is 2.14 bits per heavy atom. The Morgan fingerprint density at radius 2 is 1.54 bits per heavy atom. The van der Waals surface area contributed by atoms with Crippen molar-refractivity contribution in [3.63, 3.8) is 0 Å². The van der Waals surface area contributed by atoms with Gasteiger partial charge in [-0.15, -0.1) is 0 Å². The number of nitrogens with zero attached hydrogens (tertiary/aromatic N) is 2. The van der Waals surface area contributed by atoms with Gasteiger partial charge in [-0.25, -0.2) is 0 Å². The first kappa shape index (κ1) is 19.3. The predicted molar refractivity (Wildman–Crippen MR) is 103 cm³/mol. The SMILES string of the molecule is COc1ccc(Cn2nc(CC(=O)O)c3cc(OC)c(OC)cc32)cc1OC. The Morgan fingerprint density at radius 1 is 0.929 bits per heavy atom. The van der Waals surface area contributed by atoms with E-state index in [0.717, 1.165) is 11.1 Å². The Bertz CT molecular complexity index is 1010. The summed E-state index contributed by atoms with van der Waals surface area (Å²) >= 11 is 0. The fraction of sp³-hybridized carbons (Fsp3) is 0.300. The fourth-order valence-corrected chi connectivity index (χ4v) is 3.11. The van der Waals surface area contributed by atoms with E-state index in [1.165, 1.54) is 7.11 Å². The van der Waals surface area contributed by atoms with Gasteiger partial charge in [0, 0.05) is 11.5 Å². The van der Waals surface area contributed by atoms with Crippen LogP contribution >= 0.6 is 0 Å². The van der Waals surface area contributed by atoms with Gasteiger partial charge in [-0.05, 0) is 23.8 Å². The zero-order valence-corrected chi connectivity index (χ0v) is 16.2. The normalized spacial score (nSPS) is 10.7. The number of ether oxygens (including phenoxy) is 4. The highest BCUT2D eigenvalue weighted by Gasteiger charge is 2.18. The van der Waals surface area contributed by atoms with E-state index in [1.807, 2.05) is 18.2 Å². The Hall–Kier alpha value is -3.42.